The molecular formula is C23H23ClN8OS. The molecule has 2 aliphatic rings. The molecule has 0 atom stereocenters. The number of H-pyrrole nitrogens is 1. The van der Waals surface area contributed by atoms with Crippen molar-refractivity contribution in [1.82, 2.24) is 29.8 Å². The smallest absolute Gasteiger partial charge is 0.229 e. The van der Waals surface area contributed by atoms with E-state index in [1.54, 1.807) is 12.4 Å². The van der Waals surface area contributed by atoms with Crippen LogP contribution < -0.4 is 10.6 Å². The molecule has 2 saturated heterocycles. The molecule has 0 spiro atoms. The highest BCUT2D eigenvalue weighted by Gasteiger charge is 2.40. The fourth-order valence-corrected chi connectivity index (χ4v) is 5.55. The van der Waals surface area contributed by atoms with Gasteiger partial charge in [0.25, 0.3) is 0 Å². The normalized spacial score (nSPS) is 16.8. The minimum atomic E-state index is -0.0484. The molecule has 174 valence electrons. The first-order chi connectivity index (χ1) is 16.5. The van der Waals surface area contributed by atoms with E-state index in [1.165, 1.54) is 11.8 Å². The summed E-state index contributed by atoms with van der Waals surface area (Å²) in [6.45, 7) is 4.54. The van der Waals surface area contributed by atoms with Gasteiger partial charge >= 0.3 is 0 Å². The van der Waals surface area contributed by atoms with Gasteiger partial charge in [0.2, 0.25) is 5.91 Å². The largest absolute Gasteiger partial charge is 0.354 e. The van der Waals surface area contributed by atoms with E-state index in [2.05, 4.69) is 19.9 Å². The number of rotatable bonds is 5. The molecule has 6 rings (SSSR count). The van der Waals surface area contributed by atoms with E-state index in [-0.39, 0.29) is 17.9 Å². The van der Waals surface area contributed by atoms with Crippen LogP contribution in [0.15, 0.2) is 40.6 Å². The number of carbonyl (C=O) groups excluding carboxylic acids is 1. The molecule has 0 radical (unpaired) electrons. The maximum atomic E-state index is 12.7. The van der Waals surface area contributed by atoms with Crippen molar-refractivity contribution in [2.75, 3.05) is 31.1 Å². The predicted molar refractivity (Wildman–Crippen MR) is 132 cm³/mol. The summed E-state index contributed by atoms with van der Waals surface area (Å²) in [5.74, 6) is 0.874. The molecule has 4 aromatic rings. The molecular weight excluding hydrogens is 472 g/mol. The summed E-state index contributed by atoms with van der Waals surface area (Å²) in [5, 5.41) is 2.03. The second-order valence-corrected chi connectivity index (χ2v) is 10.2. The Hall–Kier alpha value is -2.95. The predicted octanol–water partition coefficient (Wildman–Crippen LogP) is 2.87. The van der Waals surface area contributed by atoms with Crippen molar-refractivity contribution in [1.29, 1.82) is 0 Å². The Bertz CT molecular complexity index is 1410. The first-order valence-corrected chi connectivity index (χ1v) is 12.5. The van der Waals surface area contributed by atoms with Crippen LogP contribution in [-0.4, -0.2) is 67.9 Å². The van der Waals surface area contributed by atoms with Crippen molar-refractivity contribution >= 4 is 57.2 Å². The topological polar surface area (TPSA) is 117 Å². The number of likely N-dealkylation sites (tertiary alicyclic amines) is 1. The van der Waals surface area contributed by atoms with E-state index in [0.29, 0.717) is 42.0 Å². The van der Waals surface area contributed by atoms with Crippen LogP contribution in [-0.2, 0) is 11.2 Å². The molecule has 9 nitrogen and oxygen atoms in total. The number of anilines is 1. The summed E-state index contributed by atoms with van der Waals surface area (Å²) in [6, 6.07) is 5.88. The Morgan fingerprint density at radius 2 is 2.06 bits per heavy atom. The number of nitrogens with zero attached hydrogens (tertiary/aromatic N) is 6. The molecule has 0 aromatic carbocycles. The highest BCUT2D eigenvalue weighted by atomic mass is 35.5. The van der Waals surface area contributed by atoms with Crippen LogP contribution in [0.3, 0.4) is 0 Å². The van der Waals surface area contributed by atoms with Crippen LogP contribution in [0.25, 0.3) is 22.1 Å². The van der Waals surface area contributed by atoms with Crippen LogP contribution in [0.1, 0.15) is 12.6 Å². The third-order valence-corrected chi connectivity index (χ3v) is 7.60. The highest BCUT2D eigenvalue weighted by Crippen LogP contribution is 2.39. The van der Waals surface area contributed by atoms with Crippen molar-refractivity contribution in [3.63, 3.8) is 0 Å². The van der Waals surface area contributed by atoms with Crippen LogP contribution in [0, 0.1) is 5.92 Å². The maximum absolute atomic E-state index is 12.7. The SMILES string of the molecule is CCc1[nH]c2nc(Sc3cnc4cccnc4c3)nc(N3CC(C(=O)N4CC(N)C4)C3)c2c1Cl. The van der Waals surface area contributed by atoms with E-state index in [4.69, 9.17) is 27.3 Å². The zero-order chi connectivity index (χ0) is 23.4. The average molecular weight is 495 g/mol. The Morgan fingerprint density at radius 3 is 2.82 bits per heavy atom. The van der Waals surface area contributed by atoms with Crippen molar-refractivity contribution in [3.8, 4) is 0 Å². The quantitative estimate of drug-likeness (QED) is 0.407. The third kappa shape index (κ3) is 3.66. The molecule has 6 heterocycles. The maximum Gasteiger partial charge on any atom is 0.229 e. The number of carbonyl (C=O) groups is 1. The van der Waals surface area contributed by atoms with Gasteiger partial charge in [-0.05, 0) is 36.4 Å². The van der Waals surface area contributed by atoms with Crippen molar-refractivity contribution in [2.24, 2.45) is 11.7 Å². The second-order valence-electron chi connectivity index (χ2n) is 8.74. The Kier molecular flexibility index (Phi) is 5.31. The first-order valence-electron chi connectivity index (χ1n) is 11.3. The van der Waals surface area contributed by atoms with E-state index in [9.17, 15) is 4.79 Å². The van der Waals surface area contributed by atoms with Crippen molar-refractivity contribution in [3.05, 3.63) is 41.3 Å². The standard InChI is InChI=1S/C23H23ClN8OS/c1-2-15-19(24)18-20(28-15)29-23(34-14-6-17-16(27-7-14)4-3-5-26-17)30-21(18)31-8-12(9-31)22(33)32-10-13(25)11-32/h3-7,12-13H,2,8-11,25H2,1H3,(H,28,29,30). The molecule has 1 amide bonds. The summed E-state index contributed by atoms with van der Waals surface area (Å²) in [7, 11) is 0. The van der Waals surface area contributed by atoms with Gasteiger partial charge in [-0.1, -0.05) is 18.5 Å². The molecule has 2 fully saturated rings. The summed E-state index contributed by atoms with van der Waals surface area (Å²) < 4.78 is 0. The number of aromatic amines is 1. The molecule has 2 aliphatic heterocycles. The minimum absolute atomic E-state index is 0.0484. The number of aryl methyl sites for hydroxylation is 1. The van der Waals surface area contributed by atoms with Crippen LogP contribution in [0.5, 0.6) is 0 Å². The van der Waals surface area contributed by atoms with Gasteiger partial charge in [-0.3, -0.25) is 14.8 Å². The number of pyridine rings is 2. The number of hydrogen-bond acceptors (Lipinski definition) is 8. The fraction of sp³-hybridized carbons (Fsp3) is 0.348. The number of nitrogens with two attached hydrogens (primary N) is 1. The molecule has 4 aromatic heterocycles. The minimum Gasteiger partial charge on any atom is -0.354 e. The van der Waals surface area contributed by atoms with Crippen LogP contribution in [0.2, 0.25) is 5.02 Å². The number of nitrogens with one attached hydrogen (secondary N) is 1. The number of hydrogen-bond donors (Lipinski definition) is 2. The van der Waals surface area contributed by atoms with Gasteiger partial charge in [0.15, 0.2) is 5.16 Å². The van der Waals surface area contributed by atoms with Gasteiger partial charge in [-0.25, -0.2) is 9.97 Å². The summed E-state index contributed by atoms with van der Waals surface area (Å²) in [6.07, 6.45) is 4.31. The van der Waals surface area contributed by atoms with Crippen molar-refractivity contribution < 1.29 is 4.79 Å². The molecule has 0 unspecified atom stereocenters. The number of aromatic nitrogens is 5. The van der Waals surface area contributed by atoms with E-state index in [1.807, 2.05) is 30.0 Å². The van der Waals surface area contributed by atoms with Gasteiger partial charge in [0.1, 0.15) is 11.5 Å². The summed E-state index contributed by atoms with van der Waals surface area (Å²) in [4.78, 5) is 39.4. The van der Waals surface area contributed by atoms with Gasteiger partial charge < -0.3 is 20.5 Å². The number of halogens is 1. The van der Waals surface area contributed by atoms with E-state index >= 15 is 0 Å². The lowest BCUT2D eigenvalue weighted by Crippen LogP contribution is -2.63. The van der Waals surface area contributed by atoms with E-state index < -0.39 is 0 Å². The lowest BCUT2D eigenvalue weighted by Gasteiger charge is -2.45. The van der Waals surface area contributed by atoms with Gasteiger partial charge in [0.05, 0.1) is 27.4 Å². The molecule has 0 aliphatic carbocycles. The lowest BCUT2D eigenvalue weighted by molar-refractivity contribution is -0.140. The zero-order valence-corrected chi connectivity index (χ0v) is 20.1. The van der Waals surface area contributed by atoms with Crippen molar-refractivity contribution in [2.45, 2.75) is 29.4 Å². The molecule has 0 bridgehead atoms. The lowest BCUT2D eigenvalue weighted by atomic mass is 9.95. The van der Waals surface area contributed by atoms with Gasteiger partial charge in [-0.15, -0.1) is 0 Å². The average Bonchev–Trinajstić information content (AvgIpc) is 3.11. The summed E-state index contributed by atoms with van der Waals surface area (Å²) >= 11 is 8.14. The van der Waals surface area contributed by atoms with Crippen LogP contribution >= 0.6 is 23.4 Å². The summed E-state index contributed by atoms with van der Waals surface area (Å²) in [5.41, 5.74) is 9.12. The second kappa shape index (κ2) is 8.37. The number of amides is 1. The highest BCUT2D eigenvalue weighted by molar-refractivity contribution is 7.99. The molecule has 11 heteroatoms. The van der Waals surface area contributed by atoms with Crippen LogP contribution in [0.4, 0.5) is 5.82 Å². The molecule has 0 saturated carbocycles. The Labute approximate surface area is 205 Å². The molecule has 34 heavy (non-hydrogen) atoms. The monoisotopic (exact) mass is 494 g/mol. The number of fused-ring (bicyclic) bond motifs is 2. The van der Waals surface area contributed by atoms with Gasteiger partial charge in [-0.2, -0.15) is 0 Å². The first kappa shape index (κ1) is 21.6. The Balaban J connectivity index is 1.31. The third-order valence-electron chi connectivity index (χ3n) is 6.36. The van der Waals surface area contributed by atoms with E-state index in [0.717, 1.165) is 39.2 Å². The van der Waals surface area contributed by atoms with Gasteiger partial charge in [0, 0.05) is 55.2 Å². The molecule has 3 N–H and O–H groups in total. The Morgan fingerprint density at radius 1 is 1.24 bits per heavy atom. The zero-order valence-electron chi connectivity index (χ0n) is 18.5. The fourth-order valence-electron chi connectivity index (χ4n) is 4.44.